The number of primary sulfonamides is 1. The second kappa shape index (κ2) is 7.71. The van der Waals surface area contributed by atoms with Gasteiger partial charge in [-0.2, -0.15) is 13.2 Å². The Bertz CT molecular complexity index is 1350. The van der Waals surface area contributed by atoms with Crippen molar-refractivity contribution in [3.05, 3.63) is 77.9 Å². The molecule has 1 heterocycles. The van der Waals surface area contributed by atoms with Crippen LogP contribution in [0.1, 0.15) is 11.1 Å². The number of benzene rings is 3. The molecule has 0 aliphatic heterocycles. The molecule has 6 nitrogen and oxygen atoms in total. The number of nitrogens with one attached hydrogen (secondary N) is 2. The number of nitrogens with two attached hydrogens (primary N) is 1. The zero-order chi connectivity index (χ0) is 22.2. The van der Waals surface area contributed by atoms with E-state index in [2.05, 4.69) is 15.3 Å². The molecule has 0 aliphatic rings. The Hall–Kier alpha value is -3.37. The molecule has 0 unspecified atom stereocenters. The number of sulfonamides is 1. The standard InChI is InChI=1S/C21H17F3N4O2S/c22-21(23,24)15-8-5-13(6-9-15)12-26-20-27-17-10-7-14(11-18(17)28-20)16-3-1-2-4-19(16)31(25,29)30/h1-11H,12H2,(H2,25,29,30)(H2,26,27,28). The first-order valence-corrected chi connectivity index (χ1v) is 10.7. The number of alkyl halides is 3. The van der Waals surface area contributed by atoms with Crippen molar-refractivity contribution in [3.63, 3.8) is 0 Å². The first-order valence-electron chi connectivity index (χ1n) is 9.13. The molecule has 4 rings (SSSR count). The Morgan fingerprint density at radius 2 is 1.71 bits per heavy atom. The van der Waals surface area contributed by atoms with E-state index in [0.29, 0.717) is 33.7 Å². The maximum absolute atomic E-state index is 12.7. The van der Waals surface area contributed by atoms with Gasteiger partial charge in [-0.05, 0) is 41.5 Å². The van der Waals surface area contributed by atoms with Gasteiger partial charge in [0.2, 0.25) is 16.0 Å². The molecule has 0 bridgehead atoms. The summed E-state index contributed by atoms with van der Waals surface area (Å²) in [5.74, 6) is 0.437. The summed E-state index contributed by atoms with van der Waals surface area (Å²) in [6, 6.07) is 16.5. The Labute approximate surface area is 176 Å². The van der Waals surface area contributed by atoms with E-state index in [1.807, 2.05) is 0 Å². The zero-order valence-electron chi connectivity index (χ0n) is 15.9. The third-order valence-electron chi connectivity index (χ3n) is 4.73. The highest BCUT2D eigenvalue weighted by Gasteiger charge is 2.29. The van der Waals surface area contributed by atoms with E-state index in [-0.39, 0.29) is 11.4 Å². The van der Waals surface area contributed by atoms with Crippen molar-refractivity contribution >= 4 is 27.0 Å². The minimum atomic E-state index is -4.37. The van der Waals surface area contributed by atoms with Crippen LogP contribution in [-0.2, 0) is 22.7 Å². The summed E-state index contributed by atoms with van der Waals surface area (Å²) in [6.45, 7) is 0.277. The van der Waals surface area contributed by atoms with Gasteiger partial charge in [-0.15, -0.1) is 0 Å². The van der Waals surface area contributed by atoms with Gasteiger partial charge in [0, 0.05) is 12.1 Å². The second-order valence-electron chi connectivity index (χ2n) is 6.91. The van der Waals surface area contributed by atoms with Crippen LogP contribution in [0.15, 0.2) is 71.6 Å². The molecule has 1 aromatic heterocycles. The molecule has 0 saturated heterocycles. The number of nitrogens with zero attached hydrogens (tertiary/aromatic N) is 1. The summed E-state index contributed by atoms with van der Waals surface area (Å²) in [5.41, 5.74) is 2.37. The van der Waals surface area contributed by atoms with Gasteiger partial charge in [-0.1, -0.05) is 36.4 Å². The molecular formula is C21H17F3N4O2S. The Kier molecular flexibility index (Phi) is 5.19. The van der Waals surface area contributed by atoms with Crippen LogP contribution in [0, 0.1) is 0 Å². The van der Waals surface area contributed by atoms with Gasteiger partial charge in [-0.25, -0.2) is 18.5 Å². The molecule has 10 heteroatoms. The van der Waals surface area contributed by atoms with Gasteiger partial charge < -0.3 is 10.3 Å². The molecule has 31 heavy (non-hydrogen) atoms. The Morgan fingerprint density at radius 1 is 1.00 bits per heavy atom. The van der Waals surface area contributed by atoms with E-state index in [1.54, 1.807) is 36.4 Å². The van der Waals surface area contributed by atoms with E-state index in [9.17, 15) is 21.6 Å². The molecule has 0 saturated carbocycles. The number of fused-ring (bicyclic) bond motifs is 1. The van der Waals surface area contributed by atoms with Crippen molar-refractivity contribution in [2.24, 2.45) is 5.14 Å². The molecule has 0 amide bonds. The summed E-state index contributed by atoms with van der Waals surface area (Å²) in [7, 11) is -3.89. The number of hydrogen-bond donors (Lipinski definition) is 3. The summed E-state index contributed by atoms with van der Waals surface area (Å²) < 4.78 is 61.7. The maximum atomic E-state index is 12.7. The van der Waals surface area contributed by atoms with Crippen molar-refractivity contribution < 1.29 is 21.6 Å². The number of H-pyrrole nitrogens is 1. The Morgan fingerprint density at radius 3 is 2.39 bits per heavy atom. The van der Waals surface area contributed by atoms with Gasteiger partial charge in [-0.3, -0.25) is 0 Å². The first kappa shape index (κ1) is 20.9. The highest BCUT2D eigenvalue weighted by atomic mass is 32.2. The van der Waals surface area contributed by atoms with Crippen LogP contribution < -0.4 is 10.5 Å². The number of aromatic amines is 1. The Balaban J connectivity index is 1.56. The van der Waals surface area contributed by atoms with E-state index >= 15 is 0 Å². The topological polar surface area (TPSA) is 101 Å². The summed E-state index contributed by atoms with van der Waals surface area (Å²) in [4.78, 5) is 7.53. The van der Waals surface area contributed by atoms with E-state index < -0.39 is 21.8 Å². The fraction of sp³-hybridized carbons (Fsp3) is 0.0952. The lowest BCUT2D eigenvalue weighted by Gasteiger charge is -2.08. The van der Waals surface area contributed by atoms with Gasteiger partial charge >= 0.3 is 6.18 Å². The summed E-state index contributed by atoms with van der Waals surface area (Å²) >= 11 is 0. The molecule has 0 radical (unpaired) electrons. The molecule has 0 atom stereocenters. The lowest BCUT2D eigenvalue weighted by Crippen LogP contribution is -2.13. The van der Waals surface area contributed by atoms with E-state index in [4.69, 9.17) is 5.14 Å². The lowest BCUT2D eigenvalue weighted by molar-refractivity contribution is -0.137. The monoisotopic (exact) mass is 446 g/mol. The number of aromatic nitrogens is 2. The number of halogens is 3. The largest absolute Gasteiger partial charge is 0.416 e. The van der Waals surface area contributed by atoms with Crippen LogP contribution in [-0.4, -0.2) is 18.4 Å². The fourth-order valence-electron chi connectivity index (χ4n) is 3.21. The van der Waals surface area contributed by atoms with Gasteiger partial charge in [0.1, 0.15) is 0 Å². The summed E-state index contributed by atoms with van der Waals surface area (Å²) in [5, 5.41) is 8.36. The molecule has 160 valence electrons. The molecule has 4 aromatic rings. The number of imidazole rings is 1. The average molecular weight is 446 g/mol. The van der Waals surface area contributed by atoms with Crippen LogP contribution in [0.25, 0.3) is 22.2 Å². The second-order valence-corrected chi connectivity index (χ2v) is 8.44. The van der Waals surface area contributed by atoms with Crippen LogP contribution in [0.5, 0.6) is 0 Å². The molecule has 3 aromatic carbocycles. The lowest BCUT2D eigenvalue weighted by atomic mass is 10.1. The molecule has 0 spiro atoms. The van der Waals surface area contributed by atoms with Gasteiger partial charge in [0.25, 0.3) is 0 Å². The summed E-state index contributed by atoms with van der Waals surface area (Å²) in [6.07, 6.45) is -4.37. The molecule has 0 fully saturated rings. The molecular weight excluding hydrogens is 429 g/mol. The SMILES string of the molecule is NS(=O)(=O)c1ccccc1-c1ccc2[nH]c(NCc3ccc(C(F)(F)F)cc3)nc2c1. The van der Waals surface area contributed by atoms with Crippen molar-refractivity contribution in [1.82, 2.24) is 9.97 Å². The van der Waals surface area contributed by atoms with Crippen molar-refractivity contribution in [2.75, 3.05) is 5.32 Å². The number of hydrogen-bond acceptors (Lipinski definition) is 4. The van der Waals surface area contributed by atoms with Crippen molar-refractivity contribution in [1.29, 1.82) is 0 Å². The quantitative estimate of drug-likeness (QED) is 0.420. The molecule has 0 aliphatic carbocycles. The maximum Gasteiger partial charge on any atom is 0.416 e. The normalized spacial score (nSPS) is 12.3. The first-order chi connectivity index (χ1) is 14.6. The number of anilines is 1. The third-order valence-corrected chi connectivity index (χ3v) is 5.70. The van der Waals surface area contributed by atoms with Crippen LogP contribution in [0.4, 0.5) is 19.1 Å². The minimum absolute atomic E-state index is 0.0190. The average Bonchev–Trinajstić information content (AvgIpc) is 3.13. The van der Waals surface area contributed by atoms with Crippen LogP contribution in [0.2, 0.25) is 0 Å². The molecule has 4 N–H and O–H groups in total. The van der Waals surface area contributed by atoms with Crippen molar-refractivity contribution in [2.45, 2.75) is 17.6 Å². The van der Waals surface area contributed by atoms with Gasteiger partial charge in [0.15, 0.2) is 0 Å². The smallest absolute Gasteiger partial charge is 0.352 e. The highest BCUT2D eigenvalue weighted by Crippen LogP contribution is 2.30. The predicted octanol–water partition coefficient (Wildman–Crippen LogP) is 4.51. The zero-order valence-corrected chi connectivity index (χ0v) is 16.8. The van der Waals surface area contributed by atoms with E-state index in [1.165, 1.54) is 18.2 Å². The third kappa shape index (κ3) is 4.54. The predicted molar refractivity (Wildman–Crippen MR) is 112 cm³/mol. The van der Waals surface area contributed by atoms with Crippen LogP contribution in [0.3, 0.4) is 0 Å². The highest BCUT2D eigenvalue weighted by molar-refractivity contribution is 7.89. The van der Waals surface area contributed by atoms with E-state index in [0.717, 1.165) is 12.1 Å². The minimum Gasteiger partial charge on any atom is -0.352 e. The fourth-order valence-corrected chi connectivity index (χ4v) is 3.97. The van der Waals surface area contributed by atoms with Gasteiger partial charge in [0.05, 0.1) is 21.5 Å². The number of rotatable bonds is 5. The van der Waals surface area contributed by atoms with Crippen molar-refractivity contribution in [3.8, 4) is 11.1 Å². The van der Waals surface area contributed by atoms with Crippen LogP contribution >= 0.6 is 0 Å².